The van der Waals surface area contributed by atoms with Crippen LogP contribution in [0.1, 0.15) is 0 Å². The van der Waals surface area contributed by atoms with Gasteiger partial charge in [0.05, 0.1) is 0 Å². The van der Waals surface area contributed by atoms with Gasteiger partial charge in [-0.3, -0.25) is 0 Å². The van der Waals surface area contributed by atoms with Gasteiger partial charge in [0.1, 0.15) is 0 Å². The smallest absolute Gasteiger partial charge is 0.214 e. The normalized spacial score (nSPS) is 14.4. The standard InChI is InChI=1S/C4H2ClF5/c1-3(7,8)4(9,10)2(5)6/h1H2. The summed E-state index contributed by atoms with van der Waals surface area (Å²) in [5.41, 5.74) is -2.66. The Morgan fingerprint density at radius 3 is 1.50 bits per heavy atom. The van der Waals surface area contributed by atoms with Gasteiger partial charge in [-0.2, -0.15) is 17.6 Å². The number of halogens is 6. The van der Waals surface area contributed by atoms with E-state index in [1.54, 1.807) is 6.92 Å². The van der Waals surface area contributed by atoms with Crippen LogP contribution in [0.3, 0.4) is 0 Å². The number of rotatable bonds is 2. The van der Waals surface area contributed by atoms with Crippen molar-refractivity contribution in [2.45, 2.75) is 11.8 Å². The second-order valence-corrected chi connectivity index (χ2v) is 1.87. The Hall–Kier alpha value is -0.0600. The largest absolute Gasteiger partial charge is 0.361 e. The summed E-state index contributed by atoms with van der Waals surface area (Å²) in [6, 6.07) is 0. The van der Waals surface area contributed by atoms with Crippen LogP contribution < -0.4 is 0 Å². The maximum absolute atomic E-state index is 11.7. The highest BCUT2D eigenvalue weighted by molar-refractivity contribution is 6.26. The molecule has 6 heteroatoms. The Labute approximate surface area is 59.0 Å². The van der Waals surface area contributed by atoms with Crippen molar-refractivity contribution in [1.29, 1.82) is 0 Å². The number of alkyl halides is 4. The Kier molecular flexibility index (Phi) is 2.51. The van der Waals surface area contributed by atoms with Crippen molar-refractivity contribution >= 4 is 11.6 Å². The second kappa shape index (κ2) is 2.53. The molecule has 0 saturated carbocycles. The fraction of sp³-hybridized carbons (Fsp3) is 0.500. The molecule has 0 aliphatic rings. The van der Waals surface area contributed by atoms with Crippen LogP contribution in [0.15, 0.2) is 0 Å². The third-order valence-corrected chi connectivity index (χ3v) is 0.934. The molecule has 0 rings (SSSR count). The Morgan fingerprint density at radius 1 is 1.20 bits per heavy atom. The summed E-state index contributed by atoms with van der Waals surface area (Å²) in [5.74, 6) is -9.70. The summed E-state index contributed by atoms with van der Waals surface area (Å²) in [6.45, 7) is 1.73. The topological polar surface area (TPSA) is 0 Å². The van der Waals surface area contributed by atoms with Crippen LogP contribution in [0.5, 0.6) is 0 Å². The van der Waals surface area contributed by atoms with Crippen molar-refractivity contribution in [2.24, 2.45) is 0 Å². The molecule has 0 aliphatic heterocycles. The van der Waals surface area contributed by atoms with Crippen LogP contribution in [-0.4, -0.2) is 11.8 Å². The fourth-order valence-electron chi connectivity index (χ4n) is 0.138. The lowest BCUT2D eigenvalue weighted by molar-refractivity contribution is -0.175. The van der Waals surface area contributed by atoms with Crippen LogP contribution in [-0.2, 0) is 0 Å². The summed E-state index contributed by atoms with van der Waals surface area (Å²) in [4.78, 5) is 0. The summed E-state index contributed by atoms with van der Waals surface area (Å²) in [6.07, 6.45) is 0. The summed E-state index contributed by atoms with van der Waals surface area (Å²) < 4.78 is 57.9. The third kappa shape index (κ3) is 1.71. The van der Waals surface area contributed by atoms with Gasteiger partial charge in [0, 0.05) is 6.92 Å². The summed E-state index contributed by atoms with van der Waals surface area (Å²) >= 11 is 4.03. The molecule has 0 heterocycles. The lowest BCUT2D eigenvalue weighted by Gasteiger charge is -2.21. The maximum Gasteiger partial charge on any atom is 0.361 e. The highest BCUT2D eigenvalue weighted by atomic mass is 35.5. The predicted molar refractivity (Wildman–Crippen MR) is 25.5 cm³/mol. The van der Waals surface area contributed by atoms with Crippen molar-refractivity contribution in [3.8, 4) is 0 Å². The Balaban J connectivity index is 4.40. The van der Waals surface area contributed by atoms with Crippen molar-refractivity contribution < 1.29 is 22.0 Å². The first-order chi connectivity index (χ1) is 4.19. The van der Waals surface area contributed by atoms with Gasteiger partial charge < -0.3 is 0 Å². The summed E-state index contributed by atoms with van der Waals surface area (Å²) in [7, 11) is 0. The van der Waals surface area contributed by atoms with Gasteiger partial charge in [-0.15, -0.1) is 0 Å². The zero-order chi connectivity index (χ0) is 8.58. The van der Waals surface area contributed by atoms with Crippen molar-refractivity contribution in [1.82, 2.24) is 0 Å². The quantitative estimate of drug-likeness (QED) is 0.573. The van der Waals surface area contributed by atoms with Gasteiger partial charge in [0.15, 0.2) is 0 Å². The highest BCUT2D eigenvalue weighted by Crippen LogP contribution is 2.43. The van der Waals surface area contributed by atoms with E-state index in [9.17, 15) is 22.0 Å². The minimum atomic E-state index is -4.99. The molecule has 0 aliphatic carbocycles. The van der Waals surface area contributed by atoms with Gasteiger partial charge >= 0.3 is 17.5 Å². The highest BCUT2D eigenvalue weighted by Gasteiger charge is 2.59. The van der Waals surface area contributed by atoms with Gasteiger partial charge in [0.25, 0.3) is 0 Å². The van der Waals surface area contributed by atoms with E-state index in [1.807, 2.05) is 0 Å². The molecule has 0 fully saturated rings. The molecule has 0 aromatic carbocycles. The lowest BCUT2D eigenvalue weighted by Crippen LogP contribution is -2.40. The van der Waals surface area contributed by atoms with Crippen LogP contribution >= 0.6 is 11.6 Å². The van der Waals surface area contributed by atoms with E-state index in [1.165, 1.54) is 0 Å². The van der Waals surface area contributed by atoms with Crippen LogP contribution in [0.4, 0.5) is 22.0 Å². The van der Waals surface area contributed by atoms with E-state index in [-0.39, 0.29) is 0 Å². The first-order valence-electron chi connectivity index (χ1n) is 1.99. The minimum absolute atomic E-state index is 1.73. The molecular weight excluding hydrogens is 178 g/mol. The van der Waals surface area contributed by atoms with Crippen molar-refractivity contribution in [2.75, 3.05) is 0 Å². The van der Waals surface area contributed by atoms with Gasteiger partial charge in [-0.1, -0.05) is 11.6 Å². The van der Waals surface area contributed by atoms with Crippen molar-refractivity contribution in [3.05, 3.63) is 12.6 Å². The van der Waals surface area contributed by atoms with Gasteiger partial charge in [0.2, 0.25) is 0 Å². The zero-order valence-corrected chi connectivity index (χ0v) is 5.23. The molecule has 0 unspecified atom stereocenters. The fourth-order valence-corrected chi connectivity index (χ4v) is 0.276. The molecule has 0 bridgehead atoms. The maximum atomic E-state index is 11.7. The second-order valence-electron chi connectivity index (χ2n) is 1.54. The molecule has 2 radical (unpaired) electrons. The average Bonchev–Trinajstić information content (AvgIpc) is 1.62. The molecule has 60 valence electrons. The monoisotopic (exact) mass is 180 g/mol. The van der Waals surface area contributed by atoms with E-state index in [0.717, 1.165) is 0 Å². The Bertz CT molecular complexity index is 115. The van der Waals surface area contributed by atoms with Crippen LogP contribution in [0.2, 0.25) is 0 Å². The zero-order valence-electron chi connectivity index (χ0n) is 4.47. The minimum Gasteiger partial charge on any atom is -0.214 e. The molecule has 0 aromatic heterocycles. The van der Waals surface area contributed by atoms with Crippen LogP contribution in [0.25, 0.3) is 0 Å². The van der Waals surface area contributed by atoms with E-state index in [0.29, 0.717) is 0 Å². The molecule has 0 amide bonds. The molecule has 0 atom stereocenters. The molecule has 0 spiro atoms. The first kappa shape index (κ1) is 9.94. The molecule has 10 heavy (non-hydrogen) atoms. The van der Waals surface area contributed by atoms with Crippen molar-refractivity contribution in [3.63, 3.8) is 0 Å². The third-order valence-electron chi connectivity index (χ3n) is 0.697. The molecule has 0 aromatic rings. The van der Waals surface area contributed by atoms with Crippen LogP contribution in [0, 0.1) is 12.6 Å². The Morgan fingerprint density at radius 2 is 1.50 bits per heavy atom. The molecule has 0 nitrogen and oxygen atoms in total. The number of hydrogen-bond acceptors (Lipinski definition) is 0. The first-order valence-corrected chi connectivity index (χ1v) is 2.37. The summed E-state index contributed by atoms with van der Waals surface area (Å²) in [5, 5.41) is 0. The van der Waals surface area contributed by atoms with E-state index < -0.39 is 17.5 Å². The SMILES string of the molecule is [CH2]C(F)(F)C(F)(F)[C](F)Cl. The number of hydrogen-bond donors (Lipinski definition) is 0. The van der Waals surface area contributed by atoms with Gasteiger partial charge in [-0.05, 0) is 0 Å². The molecule has 0 saturated heterocycles. The molecule has 0 N–H and O–H groups in total. The lowest BCUT2D eigenvalue weighted by atomic mass is 10.2. The molecular formula is C4H2ClF5. The van der Waals surface area contributed by atoms with E-state index >= 15 is 0 Å². The predicted octanol–water partition coefficient (Wildman–Crippen LogP) is 2.79. The average molecular weight is 181 g/mol. The van der Waals surface area contributed by atoms with E-state index in [4.69, 9.17) is 0 Å². The van der Waals surface area contributed by atoms with Gasteiger partial charge in [-0.25, -0.2) is 4.39 Å². The van der Waals surface area contributed by atoms with E-state index in [2.05, 4.69) is 11.6 Å².